The van der Waals surface area contributed by atoms with Crippen LogP contribution in [0, 0.1) is 45.3 Å². The summed E-state index contributed by atoms with van der Waals surface area (Å²) in [6.07, 6.45) is 7.72. The van der Waals surface area contributed by atoms with E-state index < -0.39 is 5.41 Å². The van der Waals surface area contributed by atoms with E-state index in [2.05, 4.69) is 19.9 Å². The zero-order chi connectivity index (χ0) is 16.5. The van der Waals surface area contributed by atoms with Crippen molar-refractivity contribution in [2.24, 2.45) is 34.0 Å². The van der Waals surface area contributed by atoms with Gasteiger partial charge in [0, 0.05) is 24.7 Å². The highest BCUT2D eigenvalue weighted by Gasteiger charge is 2.65. The van der Waals surface area contributed by atoms with Crippen LogP contribution in [0.3, 0.4) is 0 Å². The first-order chi connectivity index (χ1) is 10.9. The van der Waals surface area contributed by atoms with E-state index in [-0.39, 0.29) is 16.6 Å². The maximum Gasteiger partial charge on any atom is 0.139 e. The molecule has 0 saturated heterocycles. The number of nitriles is 1. The molecular formula is C20H27NO2. The molecule has 3 nitrogen and oxygen atoms in total. The van der Waals surface area contributed by atoms with Crippen LogP contribution in [0.4, 0.5) is 0 Å². The molecule has 0 aromatic heterocycles. The van der Waals surface area contributed by atoms with Crippen molar-refractivity contribution in [3.63, 3.8) is 0 Å². The molecule has 23 heavy (non-hydrogen) atoms. The molecule has 0 aromatic carbocycles. The highest BCUT2D eigenvalue weighted by molar-refractivity contribution is 5.87. The molecule has 4 rings (SSSR count). The lowest BCUT2D eigenvalue weighted by atomic mass is 9.40. The lowest BCUT2D eigenvalue weighted by Gasteiger charge is -2.62. The van der Waals surface area contributed by atoms with E-state index in [1.54, 1.807) is 0 Å². The van der Waals surface area contributed by atoms with E-state index >= 15 is 0 Å². The average molecular weight is 313 g/mol. The smallest absolute Gasteiger partial charge is 0.139 e. The summed E-state index contributed by atoms with van der Waals surface area (Å²) in [5.41, 5.74) is -0.583. The van der Waals surface area contributed by atoms with Crippen LogP contribution in [0.25, 0.3) is 0 Å². The molecule has 4 aliphatic rings. The van der Waals surface area contributed by atoms with Crippen molar-refractivity contribution >= 4 is 11.6 Å². The van der Waals surface area contributed by atoms with E-state index in [4.69, 9.17) is 0 Å². The lowest BCUT2D eigenvalue weighted by molar-refractivity contribution is -0.154. The Hall–Kier alpha value is -1.17. The topological polar surface area (TPSA) is 57.9 Å². The Morgan fingerprint density at radius 2 is 1.78 bits per heavy atom. The van der Waals surface area contributed by atoms with Crippen LogP contribution < -0.4 is 0 Å². The molecule has 0 heterocycles. The molecule has 4 saturated carbocycles. The van der Waals surface area contributed by atoms with Gasteiger partial charge < -0.3 is 0 Å². The lowest BCUT2D eigenvalue weighted by Crippen LogP contribution is -2.58. The number of Topliss-reactive ketones (excluding diaryl/α,β-unsaturated/α-hetero) is 2. The Labute approximate surface area is 138 Å². The quantitative estimate of drug-likeness (QED) is 0.677. The third-order valence-corrected chi connectivity index (χ3v) is 8.60. The second kappa shape index (κ2) is 4.68. The van der Waals surface area contributed by atoms with Crippen LogP contribution in [0.15, 0.2) is 0 Å². The van der Waals surface area contributed by atoms with Crippen molar-refractivity contribution in [1.29, 1.82) is 5.26 Å². The van der Waals surface area contributed by atoms with Crippen molar-refractivity contribution in [1.82, 2.24) is 0 Å². The zero-order valence-electron chi connectivity index (χ0n) is 14.4. The summed E-state index contributed by atoms with van der Waals surface area (Å²) in [6.45, 7) is 4.49. The van der Waals surface area contributed by atoms with Gasteiger partial charge in [-0.05, 0) is 61.7 Å². The molecule has 4 aliphatic carbocycles. The molecule has 0 radical (unpaired) electrons. The van der Waals surface area contributed by atoms with Crippen molar-refractivity contribution < 1.29 is 9.59 Å². The van der Waals surface area contributed by atoms with Gasteiger partial charge in [-0.1, -0.05) is 13.8 Å². The summed E-state index contributed by atoms with van der Waals surface area (Å²) in [5.74, 6) is 2.37. The molecular weight excluding hydrogens is 286 g/mol. The maximum atomic E-state index is 12.4. The van der Waals surface area contributed by atoms with E-state index in [0.29, 0.717) is 36.4 Å². The fourth-order valence-corrected chi connectivity index (χ4v) is 7.07. The maximum absolute atomic E-state index is 12.4. The molecule has 4 fully saturated rings. The van der Waals surface area contributed by atoms with Crippen molar-refractivity contribution in [2.75, 3.05) is 0 Å². The molecule has 6 atom stereocenters. The fourth-order valence-electron chi connectivity index (χ4n) is 7.07. The van der Waals surface area contributed by atoms with Crippen LogP contribution in [-0.4, -0.2) is 11.6 Å². The van der Waals surface area contributed by atoms with Crippen LogP contribution in [0.1, 0.15) is 71.6 Å². The van der Waals surface area contributed by atoms with Crippen LogP contribution in [-0.2, 0) is 9.59 Å². The second-order valence-corrected chi connectivity index (χ2v) is 9.16. The minimum absolute atomic E-state index is 0.0362. The normalized spacial score (nSPS) is 52.3. The standard InChI is InChI=1S/C20H27NO2/c1-18-8-7-16-14(15(18)3-4-17(18)23)6-10-20(12-21)11-13(22)5-9-19(16,20)2/h14-16H,3-11H2,1-2H3/t14?,15?,16?,18-,19+,20-/m0/s1. The van der Waals surface area contributed by atoms with E-state index in [1.165, 1.54) is 0 Å². The van der Waals surface area contributed by atoms with Crippen molar-refractivity contribution in [2.45, 2.75) is 71.6 Å². The average Bonchev–Trinajstić information content (AvgIpc) is 2.84. The number of nitrogens with zero attached hydrogens (tertiary/aromatic N) is 1. The number of carbonyl (C=O) groups excluding carboxylic acids is 2. The van der Waals surface area contributed by atoms with Gasteiger partial charge in [0.2, 0.25) is 0 Å². The number of fused-ring (bicyclic) bond motifs is 5. The minimum Gasteiger partial charge on any atom is -0.300 e. The highest BCUT2D eigenvalue weighted by atomic mass is 16.1. The Morgan fingerprint density at radius 1 is 1.00 bits per heavy atom. The van der Waals surface area contributed by atoms with Crippen LogP contribution in [0.5, 0.6) is 0 Å². The van der Waals surface area contributed by atoms with Gasteiger partial charge in [-0.15, -0.1) is 0 Å². The summed E-state index contributed by atoms with van der Waals surface area (Å²) >= 11 is 0. The molecule has 124 valence electrons. The number of rotatable bonds is 0. The predicted molar refractivity (Wildman–Crippen MR) is 86.3 cm³/mol. The Morgan fingerprint density at radius 3 is 2.52 bits per heavy atom. The Kier molecular flexibility index (Phi) is 3.13. The van der Waals surface area contributed by atoms with Gasteiger partial charge in [0.1, 0.15) is 11.6 Å². The van der Waals surface area contributed by atoms with Gasteiger partial charge in [0.05, 0.1) is 11.5 Å². The summed E-state index contributed by atoms with van der Waals surface area (Å²) < 4.78 is 0. The Balaban J connectivity index is 1.73. The molecule has 0 aliphatic heterocycles. The first-order valence-corrected chi connectivity index (χ1v) is 9.33. The SMILES string of the molecule is C[C@]12CCC3C(CC[C@@]4(C#N)CC(=O)CC[C@]34C)C1CCC2=O. The summed E-state index contributed by atoms with van der Waals surface area (Å²) in [6, 6.07) is 2.61. The first kappa shape index (κ1) is 15.4. The van der Waals surface area contributed by atoms with Gasteiger partial charge in [-0.3, -0.25) is 9.59 Å². The van der Waals surface area contributed by atoms with Crippen LogP contribution >= 0.6 is 0 Å². The first-order valence-electron chi connectivity index (χ1n) is 9.33. The van der Waals surface area contributed by atoms with Gasteiger partial charge >= 0.3 is 0 Å². The van der Waals surface area contributed by atoms with E-state index in [0.717, 1.165) is 44.9 Å². The summed E-state index contributed by atoms with van der Waals surface area (Å²) in [7, 11) is 0. The Bertz CT molecular complexity index is 620. The van der Waals surface area contributed by atoms with Gasteiger partial charge in [-0.2, -0.15) is 5.26 Å². The number of hydrogen-bond donors (Lipinski definition) is 0. The molecule has 0 amide bonds. The molecule has 0 aromatic rings. The van der Waals surface area contributed by atoms with Gasteiger partial charge in [0.25, 0.3) is 0 Å². The molecule has 0 bridgehead atoms. The number of carbonyl (C=O) groups is 2. The van der Waals surface area contributed by atoms with E-state index in [9.17, 15) is 14.9 Å². The summed E-state index contributed by atoms with van der Waals surface area (Å²) in [4.78, 5) is 24.5. The number of ketones is 2. The molecule has 0 spiro atoms. The largest absolute Gasteiger partial charge is 0.300 e. The minimum atomic E-state index is -0.445. The highest BCUT2D eigenvalue weighted by Crippen LogP contribution is 2.68. The molecule has 3 unspecified atom stereocenters. The van der Waals surface area contributed by atoms with Crippen LogP contribution in [0.2, 0.25) is 0 Å². The van der Waals surface area contributed by atoms with E-state index in [1.807, 2.05) is 0 Å². The number of hydrogen-bond acceptors (Lipinski definition) is 3. The zero-order valence-corrected chi connectivity index (χ0v) is 14.4. The third kappa shape index (κ3) is 1.76. The molecule has 0 N–H and O–H groups in total. The van der Waals surface area contributed by atoms with Crippen molar-refractivity contribution in [3.05, 3.63) is 0 Å². The monoisotopic (exact) mass is 313 g/mol. The van der Waals surface area contributed by atoms with Gasteiger partial charge in [-0.25, -0.2) is 0 Å². The summed E-state index contributed by atoms with van der Waals surface area (Å²) in [5, 5.41) is 9.97. The van der Waals surface area contributed by atoms with Crippen molar-refractivity contribution in [3.8, 4) is 6.07 Å². The predicted octanol–water partition coefficient (Wildman–Crippen LogP) is 4.06. The second-order valence-electron chi connectivity index (χ2n) is 9.16. The fraction of sp³-hybridized carbons (Fsp3) is 0.850. The molecule has 3 heteroatoms. The van der Waals surface area contributed by atoms with Gasteiger partial charge in [0.15, 0.2) is 0 Å². The third-order valence-electron chi connectivity index (χ3n) is 8.60.